The third-order valence-corrected chi connectivity index (χ3v) is 5.65. The number of likely N-dealkylation sites (tertiary alicyclic amines) is 1. The number of azo groups is 1. The van der Waals surface area contributed by atoms with E-state index in [1.54, 1.807) is 19.2 Å². The zero-order valence-corrected chi connectivity index (χ0v) is 16.5. The van der Waals surface area contributed by atoms with E-state index < -0.39 is 0 Å². The minimum atomic E-state index is -0.345. The molecule has 0 bridgehead atoms. The number of methoxy groups -OCH3 is 1. The summed E-state index contributed by atoms with van der Waals surface area (Å²) in [5, 5.41) is 12.6. The highest BCUT2D eigenvalue weighted by Crippen LogP contribution is 2.40. The molecule has 2 aromatic rings. The molecule has 0 unspecified atom stereocenters. The number of nitrogens with zero attached hydrogens (tertiary/aromatic N) is 3. The van der Waals surface area contributed by atoms with Gasteiger partial charge in [-0.25, -0.2) is 4.39 Å². The van der Waals surface area contributed by atoms with Gasteiger partial charge in [0.15, 0.2) is 11.4 Å². The van der Waals surface area contributed by atoms with Gasteiger partial charge < -0.3 is 15.0 Å². The number of anilines is 1. The van der Waals surface area contributed by atoms with Crippen LogP contribution in [0.5, 0.6) is 5.75 Å². The lowest BCUT2D eigenvalue weighted by atomic mass is 9.96. The Labute approximate surface area is 169 Å². The van der Waals surface area contributed by atoms with Gasteiger partial charge in [0.05, 0.1) is 12.8 Å². The third-order valence-electron chi connectivity index (χ3n) is 5.65. The summed E-state index contributed by atoms with van der Waals surface area (Å²) in [7, 11) is 1.64. The number of hydrogen-bond acceptors (Lipinski definition) is 6. The number of benzene rings is 2. The third kappa shape index (κ3) is 4.45. The van der Waals surface area contributed by atoms with Gasteiger partial charge in [0, 0.05) is 44.0 Å². The van der Waals surface area contributed by atoms with Crippen LogP contribution in [0, 0.1) is 5.82 Å². The first-order chi connectivity index (χ1) is 14.1. The average Bonchev–Trinajstić information content (AvgIpc) is 2.75. The zero-order valence-electron chi connectivity index (χ0n) is 16.5. The number of fused-ring (bicyclic) bond motifs is 1. The summed E-state index contributed by atoms with van der Waals surface area (Å²) in [5.74, 6) is 0.512. The Morgan fingerprint density at radius 3 is 2.69 bits per heavy atom. The minimum Gasteiger partial charge on any atom is -0.497 e. The van der Waals surface area contributed by atoms with E-state index in [-0.39, 0.29) is 17.3 Å². The molecular formula is C22H25FN4O2. The van der Waals surface area contributed by atoms with Crippen molar-refractivity contribution >= 4 is 17.2 Å². The summed E-state index contributed by atoms with van der Waals surface area (Å²) < 4.78 is 18.2. The van der Waals surface area contributed by atoms with Crippen LogP contribution in [0.3, 0.4) is 0 Å². The highest BCUT2D eigenvalue weighted by Gasteiger charge is 2.37. The molecule has 1 fully saturated rings. The van der Waals surface area contributed by atoms with Crippen LogP contribution >= 0.6 is 0 Å². The van der Waals surface area contributed by atoms with Crippen molar-refractivity contribution in [2.75, 3.05) is 32.1 Å². The highest BCUT2D eigenvalue weighted by atomic mass is 19.1. The van der Waals surface area contributed by atoms with Crippen molar-refractivity contribution in [3.8, 4) is 5.75 Å². The summed E-state index contributed by atoms with van der Waals surface area (Å²) in [6.07, 6.45) is 3.00. The SMILES string of the molecule is COc1ccc2c(c1)N=NC1(CCN(CCCC(=O)c3ccc(F)cc3)CC1)N2. The van der Waals surface area contributed by atoms with Crippen molar-refractivity contribution in [3.05, 3.63) is 53.8 Å². The Bertz CT molecular complexity index is 906. The van der Waals surface area contributed by atoms with Crippen molar-refractivity contribution in [2.24, 2.45) is 10.2 Å². The lowest BCUT2D eigenvalue weighted by Crippen LogP contribution is -2.48. The van der Waals surface area contributed by atoms with E-state index in [0.717, 1.165) is 56.0 Å². The van der Waals surface area contributed by atoms with Gasteiger partial charge in [-0.2, -0.15) is 10.2 Å². The Morgan fingerprint density at radius 1 is 1.21 bits per heavy atom. The highest BCUT2D eigenvalue weighted by molar-refractivity contribution is 5.95. The van der Waals surface area contributed by atoms with Gasteiger partial charge >= 0.3 is 0 Å². The molecule has 0 atom stereocenters. The van der Waals surface area contributed by atoms with Gasteiger partial charge in [0.25, 0.3) is 0 Å². The van der Waals surface area contributed by atoms with E-state index in [0.29, 0.717) is 12.0 Å². The summed E-state index contributed by atoms with van der Waals surface area (Å²) >= 11 is 0. The molecule has 2 aliphatic rings. The molecule has 1 spiro atoms. The number of ether oxygens (including phenoxy) is 1. The molecule has 0 aliphatic carbocycles. The maximum absolute atomic E-state index is 13.0. The van der Waals surface area contributed by atoms with E-state index in [1.807, 2.05) is 18.2 Å². The van der Waals surface area contributed by atoms with E-state index in [9.17, 15) is 9.18 Å². The van der Waals surface area contributed by atoms with Gasteiger partial charge in [-0.15, -0.1) is 0 Å². The number of carbonyl (C=O) groups excluding carboxylic acids is 1. The van der Waals surface area contributed by atoms with Gasteiger partial charge in [0.1, 0.15) is 17.3 Å². The van der Waals surface area contributed by atoms with E-state index in [4.69, 9.17) is 4.74 Å². The second kappa shape index (κ2) is 8.29. The molecule has 7 heteroatoms. The number of hydrogen-bond donors (Lipinski definition) is 1. The smallest absolute Gasteiger partial charge is 0.162 e. The Balaban J connectivity index is 1.26. The monoisotopic (exact) mass is 396 g/mol. The van der Waals surface area contributed by atoms with Crippen molar-refractivity contribution in [1.29, 1.82) is 0 Å². The molecule has 0 saturated carbocycles. The number of halogens is 1. The molecule has 0 radical (unpaired) electrons. The lowest BCUT2D eigenvalue weighted by molar-refractivity contribution is 0.0969. The van der Waals surface area contributed by atoms with Crippen molar-refractivity contribution in [2.45, 2.75) is 31.3 Å². The van der Waals surface area contributed by atoms with Crippen LogP contribution < -0.4 is 10.1 Å². The predicted molar refractivity (Wildman–Crippen MR) is 110 cm³/mol. The van der Waals surface area contributed by atoms with Crippen molar-refractivity contribution < 1.29 is 13.9 Å². The minimum absolute atomic E-state index is 0.0632. The summed E-state index contributed by atoms with van der Waals surface area (Å²) in [5.41, 5.74) is 2.02. The summed E-state index contributed by atoms with van der Waals surface area (Å²) in [6, 6.07) is 11.6. The largest absolute Gasteiger partial charge is 0.497 e. The van der Waals surface area contributed by atoms with Crippen molar-refractivity contribution in [1.82, 2.24) is 4.90 Å². The van der Waals surface area contributed by atoms with Crippen LogP contribution in [0.2, 0.25) is 0 Å². The first kappa shape index (κ1) is 19.5. The first-order valence-electron chi connectivity index (χ1n) is 9.97. The number of nitrogens with one attached hydrogen (secondary N) is 1. The molecule has 1 saturated heterocycles. The first-order valence-corrected chi connectivity index (χ1v) is 9.97. The van der Waals surface area contributed by atoms with Gasteiger partial charge in [-0.05, 0) is 49.4 Å². The van der Waals surface area contributed by atoms with Crippen LogP contribution in [0.25, 0.3) is 0 Å². The van der Waals surface area contributed by atoms with Crippen LogP contribution in [0.1, 0.15) is 36.0 Å². The van der Waals surface area contributed by atoms with Crippen LogP contribution in [0.15, 0.2) is 52.7 Å². The Morgan fingerprint density at radius 2 is 1.97 bits per heavy atom. The molecule has 152 valence electrons. The fourth-order valence-corrected chi connectivity index (χ4v) is 3.87. The Hall–Kier alpha value is -2.80. The van der Waals surface area contributed by atoms with E-state index in [2.05, 4.69) is 20.4 Å². The van der Waals surface area contributed by atoms with Crippen LogP contribution in [-0.2, 0) is 0 Å². The van der Waals surface area contributed by atoms with Gasteiger partial charge in [0.2, 0.25) is 0 Å². The van der Waals surface area contributed by atoms with Gasteiger partial charge in [-0.1, -0.05) is 0 Å². The molecule has 0 amide bonds. The zero-order chi connectivity index (χ0) is 20.3. The maximum Gasteiger partial charge on any atom is 0.162 e. The molecule has 29 heavy (non-hydrogen) atoms. The lowest BCUT2D eigenvalue weighted by Gasteiger charge is -2.41. The molecule has 2 aliphatic heterocycles. The molecule has 0 aromatic heterocycles. The molecule has 2 heterocycles. The average molecular weight is 396 g/mol. The number of Topliss-reactive ketones (excluding diaryl/α,β-unsaturated/α-hetero) is 1. The maximum atomic E-state index is 13.0. The molecule has 2 aromatic carbocycles. The van der Waals surface area contributed by atoms with Gasteiger partial charge in [-0.3, -0.25) is 4.79 Å². The summed E-state index contributed by atoms with van der Waals surface area (Å²) in [6.45, 7) is 2.68. The van der Waals surface area contributed by atoms with E-state index >= 15 is 0 Å². The second-order valence-electron chi connectivity index (χ2n) is 7.61. The topological polar surface area (TPSA) is 66.3 Å². The number of rotatable bonds is 6. The van der Waals surface area contributed by atoms with Crippen LogP contribution in [0.4, 0.5) is 15.8 Å². The standard InChI is InChI=1S/C22H25FN4O2/c1-29-18-8-9-19-20(15-18)25-26-22(24-19)10-13-27(14-11-22)12-2-3-21(28)16-4-6-17(23)7-5-16/h4-9,15,24H,2-3,10-14H2,1H3. The fourth-order valence-electron chi connectivity index (χ4n) is 3.87. The predicted octanol–water partition coefficient (Wildman–Crippen LogP) is 4.80. The molecule has 1 N–H and O–H groups in total. The molecule has 4 rings (SSSR count). The summed E-state index contributed by atoms with van der Waals surface area (Å²) in [4.78, 5) is 14.6. The molecule has 6 nitrogen and oxygen atoms in total. The normalized spacial score (nSPS) is 17.6. The second-order valence-corrected chi connectivity index (χ2v) is 7.61. The van der Waals surface area contributed by atoms with Crippen LogP contribution in [-0.4, -0.2) is 43.1 Å². The number of carbonyl (C=O) groups is 1. The molecular weight excluding hydrogens is 371 g/mol. The Kier molecular flexibility index (Phi) is 5.58. The quantitative estimate of drug-likeness (QED) is 0.713. The van der Waals surface area contributed by atoms with Crippen molar-refractivity contribution in [3.63, 3.8) is 0 Å². The fraction of sp³-hybridized carbons (Fsp3) is 0.409. The van der Waals surface area contributed by atoms with E-state index in [1.165, 1.54) is 12.1 Å². The number of ketones is 1. The number of piperidine rings is 1.